The van der Waals surface area contributed by atoms with Gasteiger partial charge in [-0.15, -0.1) is 6.58 Å². The van der Waals surface area contributed by atoms with E-state index in [0.717, 1.165) is 5.92 Å². The summed E-state index contributed by atoms with van der Waals surface area (Å²) in [5, 5.41) is 0. The lowest BCUT2D eigenvalue weighted by molar-refractivity contribution is 0.532. The van der Waals surface area contributed by atoms with Crippen molar-refractivity contribution in [3.05, 3.63) is 12.7 Å². The van der Waals surface area contributed by atoms with E-state index >= 15 is 0 Å². The maximum absolute atomic E-state index is 5.75. The highest BCUT2D eigenvalue weighted by atomic mass is 14.8. The molecule has 9 heavy (non-hydrogen) atoms. The van der Waals surface area contributed by atoms with Crippen molar-refractivity contribution in [3.63, 3.8) is 0 Å². The Labute approximate surface area is 56.9 Å². The summed E-state index contributed by atoms with van der Waals surface area (Å²) in [4.78, 5) is 0. The third-order valence-corrected chi connectivity index (χ3v) is 2.23. The summed E-state index contributed by atoms with van der Waals surface area (Å²) >= 11 is 0. The molecule has 2 unspecified atom stereocenters. The first-order valence-electron chi connectivity index (χ1n) is 3.56. The molecule has 1 fully saturated rings. The molecule has 2 N–H and O–H groups in total. The van der Waals surface area contributed by atoms with Crippen LogP contribution in [0.15, 0.2) is 12.7 Å². The van der Waals surface area contributed by atoms with E-state index in [0.29, 0.717) is 17.9 Å². The van der Waals surface area contributed by atoms with Crippen molar-refractivity contribution in [2.24, 2.45) is 23.5 Å². The molecule has 1 heteroatoms. The van der Waals surface area contributed by atoms with Gasteiger partial charge in [-0.05, 0) is 17.8 Å². The lowest BCUT2D eigenvalue weighted by Crippen LogP contribution is -2.05. The van der Waals surface area contributed by atoms with Crippen LogP contribution >= 0.6 is 0 Å². The lowest BCUT2D eigenvalue weighted by atomic mass is 10.1. The van der Waals surface area contributed by atoms with Gasteiger partial charge in [-0.1, -0.05) is 19.9 Å². The van der Waals surface area contributed by atoms with Gasteiger partial charge >= 0.3 is 0 Å². The van der Waals surface area contributed by atoms with Gasteiger partial charge in [0.2, 0.25) is 0 Å². The van der Waals surface area contributed by atoms with Crippen molar-refractivity contribution in [2.45, 2.75) is 19.9 Å². The van der Waals surface area contributed by atoms with Gasteiger partial charge in [-0.2, -0.15) is 0 Å². The molecule has 0 heterocycles. The maximum Gasteiger partial charge on any atom is 0.0142 e. The molecule has 52 valence electrons. The third-order valence-electron chi connectivity index (χ3n) is 2.23. The van der Waals surface area contributed by atoms with E-state index in [2.05, 4.69) is 20.4 Å². The van der Waals surface area contributed by atoms with Gasteiger partial charge in [0.25, 0.3) is 0 Å². The van der Waals surface area contributed by atoms with Crippen LogP contribution in [0, 0.1) is 17.8 Å². The fraction of sp³-hybridized carbons (Fsp3) is 0.750. The molecule has 0 aromatic carbocycles. The largest absolute Gasteiger partial charge is 0.327 e. The van der Waals surface area contributed by atoms with Crippen LogP contribution in [0.1, 0.15) is 13.8 Å². The summed E-state index contributed by atoms with van der Waals surface area (Å²) in [7, 11) is 0. The molecule has 0 aromatic heterocycles. The number of nitrogens with two attached hydrogens (primary N) is 1. The molecule has 1 aliphatic rings. The zero-order valence-electron chi connectivity index (χ0n) is 6.17. The highest BCUT2D eigenvalue weighted by Crippen LogP contribution is 2.43. The average Bonchev–Trinajstić information content (AvgIpc) is 2.40. The van der Waals surface area contributed by atoms with Crippen molar-refractivity contribution < 1.29 is 0 Å². The van der Waals surface area contributed by atoms with Gasteiger partial charge in [-0.3, -0.25) is 0 Å². The van der Waals surface area contributed by atoms with Crippen LogP contribution in [0.4, 0.5) is 0 Å². The number of hydrogen-bond donors (Lipinski definition) is 1. The van der Waals surface area contributed by atoms with Crippen LogP contribution in [-0.4, -0.2) is 6.04 Å². The van der Waals surface area contributed by atoms with Crippen LogP contribution in [-0.2, 0) is 0 Å². The van der Waals surface area contributed by atoms with E-state index in [-0.39, 0.29) is 0 Å². The Bertz CT molecular complexity index is 118. The maximum atomic E-state index is 5.75. The molecule has 0 bridgehead atoms. The Balaban J connectivity index is 2.41. The number of hydrogen-bond acceptors (Lipinski definition) is 1. The quantitative estimate of drug-likeness (QED) is 0.555. The van der Waals surface area contributed by atoms with Crippen LogP contribution in [0.25, 0.3) is 0 Å². The molecule has 0 amide bonds. The fourth-order valence-corrected chi connectivity index (χ4v) is 1.59. The SMILES string of the molecule is C=CC1C(N)[C@H]1C(C)C. The summed E-state index contributed by atoms with van der Waals surface area (Å²) in [6.45, 7) is 8.16. The van der Waals surface area contributed by atoms with Gasteiger partial charge in [0.15, 0.2) is 0 Å². The molecule has 1 nitrogen and oxygen atoms in total. The smallest absolute Gasteiger partial charge is 0.0142 e. The Hall–Kier alpha value is -0.300. The van der Waals surface area contributed by atoms with Gasteiger partial charge < -0.3 is 5.73 Å². The van der Waals surface area contributed by atoms with E-state index in [1.807, 2.05) is 6.08 Å². The van der Waals surface area contributed by atoms with Crippen molar-refractivity contribution in [1.82, 2.24) is 0 Å². The van der Waals surface area contributed by atoms with Gasteiger partial charge in [-0.25, -0.2) is 0 Å². The van der Waals surface area contributed by atoms with E-state index < -0.39 is 0 Å². The Kier molecular flexibility index (Phi) is 1.62. The minimum absolute atomic E-state index is 0.405. The van der Waals surface area contributed by atoms with Crippen LogP contribution < -0.4 is 5.73 Å². The molecular weight excluding hydrogens is 110 g/mol. The summed E-state index contributed by atoms with van der Waals surface area (Å²) in [5.41, 5.74) is 5.75. The normalized spacial score (nSPS) is 41.1. The average molecular weight is 125 g/mol. The third kappa shape index (κ3) is 1.01. The second kappa shape index (κ2) is 2.14. The van der Waals surface area contributed by atoms with E-state index in [4.69, 9.17) is 5.73 Å². The molecule has 1 rings (SSSR count). The zero-order chi connectivity index (χ0) is 7.02. The highest BCUT2D eigenvalue weighted by Gasteiger charge is 2.46. The lowest BCUT2D eigenvalue weighted by Gasteiger charge is -1.98. The monoisotopic (exact) mass is 125 g/mol. The summed E-state index contributed by atoms with van der Waals surface area (Å²) in [6.07, 6.45) is 1.98. The number of rotatable bonds is 2. The first kappa shape index (κ1) is 6.81. The standard InChI is InChI=1S/C8H15N/c1-4-6-7(5(2)3)8(6)9/h4-8H,1,9H2,2-3H3/t6?,7-,8?/m0/s1. The summed E-state index contributed by atoms with van der Waals surface area (Å²) in [6, 6.07) is 0.405. The van der Waals surface area contributed by atoms with Gasteiger partial charge in [0.1, 0.15) is 0 Å². The van der Waals surface area contributed by atoms with Gasteiger partial charge in [0, 0.05) is 6.04 Å². The Morgan fingerprint density at radius 2 is 2.11 bits per heavy atom. The topological polar surface area (TPSA) is 26.0 Å². The molecule has 0 saturated heterocycles. The molecule has 0 aliphatic heterocycles. The summed E-state index contributed by atoms with van der Waals surface area (Å²) < 4.78 is 0. The predicted molar refractivity (Wildman–Crippen MR) is 40.0 cm³/mol. The molecule has 0 spiro atoms. The molecule has 0 radical (unpaired) electrons. The molecule has 0 aromatic rings. The second-order valence-corrected chi connectivity index (χ2v) is 3.21. The minimum Gasteiger partial charge on any atom is -0.327 e. The van der Waals surface area contributed by atoms with Crippen molar-refractivity contribution >= 4 is 0 Å². The van der Waals surface area contributed by atoms with E-state index in [9.17, 15) is 0 Å². The Morgan fingerprint density at radius 1 is 1.56 bits per heavy atom. The van der Waals surface area contributed by atoms with Crippen LogP contribution in [0.2, 0.25) is 0 Å². The molecular formula is C8H15N. The zero-order valence-corrected chi connectivity index (χ0v) is 6.17. The van der Waals surface area contributed by atoms with Crippen molar-refractivity contribution in [2.75, 3.05) is 0 Å². The first-order valence-corrected chi connectivity index (χ1v) is 3.56. The Morgan fingerprint density at radius 3 is 2.22 bits per heavy atom. The molecule has 1 aliphatic carbocycles. The second-order valence-electron chi connectivity index (χ2n) is 3.21. The summed E-state index contributed by atoms with van der Waals surface area (Å²) in [5.74, 6) is 2.04. The predicted octanol–water partition coefficient (Wildman–Crippen LogP) is 1.40. The van der Waals surface area contributed by atoms with Crippen molar-refractivity contribution in [1.29, 1.82) is 0 Å². The van der Waals surface area contributed by atoms with E-state index in [1.165, 1.54) is 0 Å². The van der Waals surface area contributed by atoms with Gasteiger partial charge in [0.05, 0.1) is 0 Å². The van der Waals surface area contributed by atoms with Crippen molar-refractivity contribution in [3.8, 4) is 0 Å². The minimum atomic E-state index is 0.405. The van der Waals surface area contributed by atoms with E-state index in [1.54, 1.807) is 0 Å². The molecule has 1 saturated carbocycles. The first-order chi connectivity index (χ1) is 4.18. The van der Waals surface area contributed by atoms with Crippen LogP contribution in [0.5, 0.6) is 0 Å². The molecule has 3 atom stereocenters. The van der Waals surface area contributed by atoms with Crippen LogP contribution in [0.3, 0.4) is 0 Å². The fourth-order valence-electron chi connectivity index (χ4n) is 1.59. The highest BCUT2D eigenvalue weighted by molar-refractivity contribution is 5.10.